The lowest BCUT2D eigenvalue weighted by Crippen LogP contribution is -2.41. The largest absolute Gasteiger partial charge is 0.494 e. The van der Waals surface area contributed by atoms with Crippen LogP contribution in [0.5, 0.6) is 5.75 Å². The van der Waals surface area contributed by atoms with Gasteiger partial charge < -0.3 is 19.2 Å². The standard InChI is InChI=1S/C16H21BO5S/c1-15(2)16(3,4)22-17(21-15)11-5-7-12(8-6-11)20-14-10-23(19)9-13(14)18/h5-8,10,13,18H,9H2,1-4H3/t13-,23?/m0/s1. The molecular formula is C16H21BO5S. The van der Waals surface area contributed by atoms with Crippen LogP contribution in [-0.2, 0) is 20.1 Å². The normalized spacial score (nSPS) is 28.7. The molecule has 1 aromatic rings. The molecule has 1 fully saturated rings. The summed E-state index contributed by atoms with van der Waals surface area (Å²) in [6.07, 6.45) is -0.807. The Balaban J connectivity index is 1.71. The highest BCUT2D eigenvalue weighted by molar-refractivity contribution is 7.88. The zero-order valence-corrected chi connectivity index (χ0v) is 14.6. The first kappa shape index (κ1) is 16.7. The minimum absolute atomic E-state index is 0.196. The summed E-state index contributed by atoms with van der Waals surface area (Å²) in [7, 11) is -1.58. The summed E-state index contributed by atoms with van der Waals surface area (Å²) >= 11 is 0. The Bertz CT molecular complexity index is 637. The SMILES string of the molecule is CC1(C)OB(c2ccc(OC3=CS(=O)C[C@@H]3O)cc2)OC1(C)C. The number of rotatable bonds is 3. The van der Waals surface area contributed by atoms with Gasteiger partial charge in [-0.2, -0.15) is 0 Å². The molecule has 0 amide bonds. The van der Waals surface area contributed by atoms with Crippen molar-refractivity contribution in [3.05, 3.63) is 35.4 Å². The average molecular weight is 336 g/mol. The third-order valence-electron chi connectivity index (χ3n) is 4.54. The van der Waals surface area contributed by atoms with E-state index in [4.69, 9.17) is 14.0 Å². The fourth-order valence-corrected chi connectivity index (χ4v) is 3.43. The van der Waals surface area contributed by atoms with Crippen molar-refractivity contribution in [2.45, 2.75) is 45.0 Å². The highest BCUT2D eigenvalue weighted by Gasteiger charge is 2.51. The Morgan fingerprint density at radius 3 is 2.22 bits per heavy atom. The van der Waals surface area contributed by atoms with Crippen molar-refractivity contribution >= 4 is 23.4 Å². The van der Waals surface area contributed by atoms with E-state index in [0.717, 1.165) is 5.46 Å². The van der Waals surface area contributed by atoms with Crippen LogP contribution in [0.15, 0.2) is 35.4 Å². The molecule has 2 aliphatic heterocycles. The van der Waals surface area contributed by atoms with E-state index >= 15 is 0 Å². The minimum Gasteiger partial charge on any atom is -0.458 e. The third kappa shape index (κ3) is 3.24. The lowest BCUT2D eigenvalue weighted by molar-refractivity contribution is 0.00578. The molecule has 0 bridgehead atoms. The van der Waals surface area contributed by atoms with Gasteiger partial charge in [-0.1, -0.05) is 12.1 Å². The van der Waals surface area contributed by atoms with Gasteiger partial charge in [0, 0.05) is 5.41 Å². The van der Waals surface area contributed by atoms with Crippen molar-refractivity contribution in [3.63, 3.8) is 0 Å². The van der Waals surface area contributed by atoms with Crippen LogP contribution in [0.2, 0.25) is 0 Å². The molecule has 0 radical (unpaired) electrons. The minimum atomic E-state index is -1.16. The van der Waals surface area contributed by atoms with E-state index in [1.165, 1.54) is 5.41 Å². The van der Waals surface area contributed by atoms with Crippen molar-refractivity contribution in [1.82, 2.24) is 0 Å². The molecule has 1 saturated heterocycles. The van der Waals surface area contributed by atoms with E-state index < -0.39 is 24.0 Å². The monoisotopic (exact) mass is 336 g/mol. The van der Waals surface area contributed by atoms with Gasteiger partial charge in [0.05, 0.1) is 27.8 Å². The number of aliphatic hydroxyl groups excluding tert-OH is 1. The number of hydrogen-bond donors (Lipinski definition) is 1. The lowest BCUT2D eigenvalue weighted by atomic mass is 9.79. The summed E-state index contributed by atoms with van der Waals surface area (Å²) in [5.41, 5.74) is 0.145. The molecule has 2 atom stereocenters. The second-order valence-corrected chi connectivity index (χ2v) is 8.17. The topological polar surface area (TPSA) is 65.0 Å². The van der Waals surface area contributed by atoms with E-state index in [1.807, 2.05) is 39.8 Å². The van der Waals surface area contributed by atoms with Crippen LogP contribution < -0.4 is 10.2 Å². The second-order valence-electron chi connectivity index (χ2n) is 6.84. The summed E-state index contributed by atoms with van der Waals surface area (Å²) in [6.45, 7) is 8.05. The number of hydrogen-bond acceptors (Lipinski definition) is 5. The van der Waals surface area contributed by atoms with Crippen LogP contribution in [0.4, 0.5) is 0 Å². The van der Waals surface area contributed by atoms with E-state index in [2.05, 4.69) is 0 Å². The second kappa shape index (κ2) is 5.74. The van der Waals surface area contributed by atoms with Crippen molar-refractivity contribution < 1.29 is 23.4 Å². The molecule has 1 unspecified atom stereocenters. The molecule has 0 aliphatic carbocycles. The Morgan fingerprint density at radius 1 is 1.17 bits per heavy atom. The van der Waals surface area contributed by atoms with E-state index in [-0.39, 0.29) is 17.0 Å². The van der Waals surface area contributed by atoms with Crippen LogP contribution >= 0.6 is 0 Å². The van der Waals surface area contributed by atoms with Gasteiger partial charge in [0.25, 0.3) is 0 Å². The molecule has 3 rings (SSSR count). The molecule has 124 valence electrons. The van der Waals surface area contributed by atoms with Gasteiger partial charge >= 0.3 is 7.12 Å². The maximum absolute atomic E-state index is 11.4. The van der Waals surface area contributed by atoms with Crippen molar-refractivity contribution in [3.8, 4) is 5.75 Å². The van der Waals surface area contributed by atoms with Crippen LogP contribution in [0, 0.1) is 0 Å². The fraction of sp³-hybridized carbons (Fsp3) is 0.500. The zero-order chi connectivity index (χ0) is 16.8. The third-order valence-corrected chi connectivity index (χ3v) is 5.68. The predicted molar refractivity (Wildman–Crippen MR) is 89.9 cm³/mol. The Labute approximate surface area is 139 Å². The molecule has 2 aliphatic rings. The van der Waals surface area contributed by atoms with Gasteiger partial charge in [0.2, 0.25) is 0 Å². The molecular weight excluding hydrogens is 315 g/mol. The first-order valence-corrected chi connectivity index (χ1v) is 8.96. The molecule has 7 heteroatoms. The maximum Gasteiger partial charge on any atom is 0.494 e. The van der Waals surface area contributed by atoms with Crippen LogP contribution in [0.25, 0.3) is 0 Å². The summed E-state index contributed by atoms with van der Waals surface area (Å²) in [4.78, 5) is 0. The first-order chi connectivity index (χ1) is 10.7. The smallest absolute Gasteiger partial charge is 0.458 e. The van der Waals surface area contributed by atoms with E-state index in [9.17, 15) is 9.32 Å². The van der Waals surface area contributed by atoms with Crippen LogP contribution in [0.3, 0.4) is 0 Å². The molecule has 1 aromatic carbocycles. The first-order valence-electron chi connectivity index (χ1n) is 7.58. The van der Waals surface area contributed by atoms with Gasteiger partial charge in [-0.15, -0.1) is 0 Å². The maximum atomic E-state index is 11.4. The highest BCUT2D eigenvalue weighted by Crippen LogP contribution is 2.36. The Hall–Kier alpha value is -1.15. The molecule has 2 heterocycles. The Morgan fingerprint density at radius 2 is 1.74 bits per heavy atom. The molecule has 1 N–H and O–H groups in total. The van der Waals surface area contributed by atoms with E-state index in [0.29, 0.717) is 11.5 Å². The van der Waals surface area contributed by atoms with Gasteiger partial charge in [-0.05, 0) is 45.3 Å². The van der Waals surface area contributed by atoms with Gasteiger partial charge in [0.1, 0.15) is 17.6 Å². The van der Waals surface area contributed by atoms with Crippen LogP contribution in [0.1, 0.15) is 27.7 Å². The van der Waals surface area contributed by atoms with Gasteiger partial charge in [-0.25, -0.2) is 0 Å². The van der Waals surface area contributed by atoms with Crippen molar-refractivity contribution in [1.29, 1.82) is 0 Å². The lowest BCUT2D eigenvalue weighted by Gasteiger charge is -2.32. The molecule has 0 saturated carbocycles. The average Bonchev–Trinajstić information content (AvgIpc) is 2.86. The zero-order valence-electron chi connectivity index (χ0n) is 13.7. The van der Waals surface area contributed by atoms with Gasteiger partial charge in [-0.3, -0.25) is 4.21 Å². The fourth-order valence-electron chi connectivity index (χ4n) is 2.39. The predicted octanol–water partition coefficient (Wildman–Crippen LogP) is 1.33. The summed E-state index contributed by atoms with van der Waals surface area (Å²) in [5, 5.41) is 11.2. The number of ether oxygens (including phenoxy) is 1. The van der Waals surface area contributed by atoms with E-state index in [1.54, 1.807) is 12.1 Å². The van der Waals surface area contributed by atoms with Crippen molar-refractivity contribution in [2.75, 3.05) is 5.75 Å². The molecule has 0 spiro atoms. The molecule has 0 aromatic heterocycles. The number of benzene rings is 1. The quantitative estimate of drug-likeness (QED) is 0.844. The summed E-state index contributed by atoms with van der Waals surface area (Å²) < 4.78 is 29.0. The molecule has 23 heavy (non-hydrogen) atoms. The number of aliphatic hydroxyl groups is 1. The summed E-state index contributed by atoms with van der Waals surface area (Å²) in [6, 6.07) is 7.32. The van der Waals surface area contributed by atoms with Gasteiger partial charge in [0.15, 0.2) is 0 Å². The molecule has 5 nitrogen and oxygen atoms in total. The van der Waals surface area contributed by atoms with Crippen LogP contribution in [-0.4, -0.2) is 39.5 Å². The Kier molecular flexibility index (Phi) is 4.17. The van der Waals surface area contributed by atoms with Crippen molar-refractivity contribution in [2.24, 2.45) is 0 Å². The highest BCUT2D eigenvalue weighted by atomic mass is 32.2. The summed E-state index contributed by atoms with van der Waals surface area (Å²) in [5.74, 6) is 1.11.